The Morgan fingerprint density at radius 2 is 2.04 bits per heavy atom. The Hall–Kier alpha value is -2.58. The van der Waals surface area contributed by atoms with Gasteiger partial charge in [-0.25, -0.2) is 4.98 Å². The number of aryl methyl sites for hydroxylation is 1. The number of para-hydroxylation sites is 1. The SMILES string of the molecule is CCCCc1nnc(NC(=O)c2ccc(-c3nc4ccccc4s3)o2)s1. The molecule has 0 saturated heterocycles. The molecule has 26 heavy (non-hydrogen) atoms. The number of furan rings is 1. The first-order chi connectivity index (χ1) is 12.7. The number of carbonyl (C=O) groups is 1. The van der Waals surface area contributed by atoms with Crippen molar-refractivity contribution in [3.05, 3.63) is 47.2 Å². The predicted molar refractivity (Wildman–Crippen MR) is 104 cm³/mol. The number of thiazole rings is 1. The molecular weight excluding hydrogens is 368 g/mol. The standard InChI is InChI=1S/C18H16N4O2S2/c1-2-3-8-15-21-22-18(26-15)20-16(23)12-9-10-13(24-12)17-19-11-6-4-5-7-14(11)25-17/h4-7,9-10H,2-3,8H2,1H3,(H,20,22,23). The van der Waals surface area contributed by atoms with Crippen LogP contribution in [-0.4, -0.2) is 21.1 Å². The molecule has 0 aliphatic heterocycles. The molecule has 3 aromatic heterocycles. The van der Waals surface area contributed by atoms with Crippen LogP contribution in [0.2, 0.25) is 0 Å². The Balaban J connectivity index is 1.48. The Bertz CT molecular complexity index is 1020. The van der Waals surface area contributed by atoms with Crippen molar-refractivity contribution < 1.29 is 9.21 Å². The number of carbonyl (C=O) groups excluding carboxylic acids is 1. The normalized spacial score (nSPS) is 11.1. The summed E-state index contributed by atoms with van der Waals surface area (Å²) in [7, 11) is 0. The quantitative estimate of drug-likeness (QED) is 0.506. The van der Waals surface area contributed by atoms with Crippen molar-refractivity contribution in [3.63, 3.8) is 0 Å². The van der Waals surface area contributed by atoms with Crippen molar-refractivity contribution in [3.8, 4) is 10.8 Å². The minimum atomic E-state index is -0.337. The number of anilines is 1. The maximum atomic E-state index is 12.4. The van der Waals surface area contributed by atoms with Gasteiger partial charge in [0.05, 0.1) is 10.2 Å². The fourth-order valence-electron chi connectivity index (χ4n) is 2.44. The van der Waals surface area contributed by atoms with Crippen LogP contribution in [0.4, 0.5) is 5.13 Å². The molecule has 0 radical (unpaired) electrons. The predicted octanol–water partition coefficient (Wildman–Crippen LogP) is 5.00. The van der Waals surface area contributed by atoms with Gasteiger partial charge in [0.2, 0.25) is 5.13 Å². The van der Waals surface area contributed by atoms with Crippen molar-refractivity contribution in [2.24, 2.45) is 0 Å². The Labute approximate surface area is 157 Å². The molecular formula is C18H16N4O2S2. The van der Waals surface area contributed by atoms with Crippen LogP contribution in [-0.2, 0) is 6.42 Å². The van der Waals surface area contributed by atoms with Crippen LogP contribution in [0.3, 0.4) is 0 Å². The van der Waals surface area contributed by atoms with E-state index in [9.17, 15) is 4.79 Å². The number of nitrogens with zero attached hydrogens (tertiary/aromatic N) is 3. The van der Waals surface area contributed by atoms with Crippen molar-refractivity contribution in [1.82, 2.24) is 15.2 Å². The highest BCUT2D eigenvalue weighted by molar-refractivity contribution is 7.21. The summed E-state index contributed by atoms with van der Waals surface area (Å²) in [6, 6.07) is 11.3. The Morgan fingerprint density at radius 1 is 1.15 bits per heavy atom. The van der Waals surface area contributed by atoms with E-state index < -0.39 is 0 Å². The highest BCUT2D eigenvalue weighted by Crippen LogP contribution is 2.31. The van der Waals surface area contributed by atoms with Crippen molar-refractivity contribution in [2.75, 3.05) is 5.32 Å². The van der Waals surface area contributed by atoms with E-state index in [1.54, 1.807) is 12.1 Å². The molecule has 8 heteroatoms. The van der Waals surface area contributed by atoms with Crippen LogP contribution in [0.25, 0.3) is 21.0 Å². The van der Waals surface area contributed by atoms with E-state index in [0.29, 0.717) is 10.9 Å². The van der Waals surface area contributed by atoms with Gasteiger partial charge in [-0.1, -0.05) is 36.8 Å². The summed E-state index contributed by atoms with van der Waals surface area (Å²) in [4.78, 5) is 16.9. The third-order valence-electron chi connectivity index (χ3n) is 3.77. The molecule has 6 nitrogen and oxygen atoms in total. The van der Waals surface area contributed by atoms with E-state index in [4.69, 9.17) is 4.42 Å². The van der Waals surface area contributed by atoms with Crippen molar-refractivity contribution in [1.29, 1.82) is 0 Å². The average Bonchev–Trinajstić information content (AvgIpc) is 3.38. The molecule has 0 fully saturated rings. The van der Waals surface area contributed by atoms with E-state index in [1.165, 1.54) is 22.7 Å². The van der Waals surface area contributed by atoms with E-state index in [0.717, 1.165) is 39.5 Å². The minimum Gasteiger partial charge on any atom is -0.448 e. The largest absolute Gasteiger partial charge is 0.448 e. The third-order valence-corrected chi connectivity index (χ3v) is 5.72. The van der Waals surface area contributed by atoms with Crippen LogP contribution in [0.5, 0.6) is 0 Å². The van der Waals surface area contributed by atoms with Gasteiger partial charge in [0.1, 0.15) is 5.01 Å². The van der Waals surface area contributed by atoms with Crippen LogP contribution >= 0.6 is 22.7 Å². The number of aromatic nitrogens is 3. The molecule has 0 atom stereocenters. The molecule has 1 N–H and O–H groups in total. The molecule has 0 saturated carbocycles. The van der Waals surface area contributed by atoms with Gasteiger partial charge in [0.15, 0.2) is 16.5 Å². The summed E-state index contributed by atoms with van der Waals surface area (Å²) in [5.74, 6) is 0.470. The monoisotopic (exact) mass is 384 g/mol. The fourth-order valence-corrected chi connectivity index (χ4v) is 4.15. The molecule has 1 aromatic carbocycles. The zero-order valence-corrected chi connectivity index (χ0v) is 15.7. The molecule has 1 amide bonds. The summed E-state index contributed by atoms with van der Waals surface area (Å²) < 4.78 is 6.78. The third kappa shape index (κ3) is 3.51. The lowest BCUT2D eigenvalue weighted by molar-refractivity contribution is 0.0997. The number of benzene rings is 1. The van der Waals surface area contributed by atoms with Gasteiger partial charge in [-0.2, -0.15) is 0 Å². The van der Waals surface area contributed by atoms with Gasteiger partial charge in [0, 0.05) is 6.42 Å². The van der Waals surface area contributed by atoms with Crippen LogP contribution in [0.1, 0.15) is 35.3 Å². The van der Waals surface area contributed by atoms with E-state index >= 15 is 0 Å². The van der Waals surface area contributed by atoms with Gasteiger partial charge in [-0.15, -0.1) is 21.5 Å². The van der Waals surface area contributed by atoms with Crippen molar-refractivity contribution in [2.45, 2.75) is 26.2 Å². The summed E-state index contributed by atoms with van der Waals surface area (Å²) >= 11 is 2.93. The van der Waals surface area contributed by atoms with Gasteiger partial charge < -0.3 is 4.42 Å². The number of fused-ring (bicyclic) bond motifs is 1. The number of hydrogen-bond donors (Lipinski definition) is 1. The number of unbranched alkanes of at least 4 members (excludes halogenated alkanes) is 1. The van der Waals surface area contributed by atoms with Crippen LogP contribution < -0.4 is 5.32 Å². The van der Waals surface area contributed by atoms with Gasteiger partial charge >= 0.3 is 0 Å². The smallest absolute Gasteiger partial charge is 0.293 e. The summed E-state index contributed by atoms with van der Waals surface area (Å²) in [6.45, 7) is 2.13. The van der Waals surface area contributed by atoms with Crippen LogP contribution in [0.15, 0.2) is 40.8 Å². The van der Waals surface area contributed by atoms with E-state index in [1.807, 2.05) is 24.3 Å². The zero-order chi connectivity index (χ0) is 17.9. The fraction of sp³-hybridized carbons (Fsp3) is 0.222. The first-order valence-corrected chi connectivity index (χ1v) is 9.95. The molecule has 4 rings (SSSR count). The summed E-state index contributed by atoms with van der Waals surface area (Å²) in [6.07, 6.45) is 3.04. The molecule has 0 spiro atoms. The van der Waals surface area contributed by atoms with E-state index in [-0.39, 0.29) is 11.7 Å². The first kappa shape index (κ1) is 16.9. The molecule has 0 unspecified atom stereocenters. The van der Waals surface area contributed by atoms with Crippen LogP contribution in [0, 0.1) is 0 Å². The molecule has 0 aliphatic carbocycles. The van der Waals surface area contributed by atoms with Gasteiger partial charge in [0.25, 0.3) is 5.91 Å². The number of rotatable bonds is 6. The van der Waals surface area contributed by atoms with E-state index in [2.05, 4.69) is 27.4 Å². The van der Waals surface area contributed by atoms with Crippen molar-refractivity contribution >= 4 is 43.9 Å². The minimum absolute atomic E-state index is 0.226. The average molecular weight is 384 g/mol. The second-order valence-electron chi connectivity index (χ2n) is 5.71. The zero-order valence-electron chi connectivity index (χ0n) is 14.1. The maximum absolute atomic E-state index is 12.4. The van der Waals surface area contributed by atoms with Gasteiger partial charge in [-0.3, -0.25) is 10.1 Å². The molecule has 4 aromatic rings. The first-order valence-electron chi connectivity index (χ1n) is 8.32. The highest BCUT2D eigenvalue weighted by Gasteiger charge is 2.16. The lowest BCUT2D eigenvalue weighted by Gasteiger charge is -1.96. The second-order valence-corrected chi connectivity index (χ2v) is 7.80. The lowest BCUT2D eigenvalue weighted by Crippen LogP contribution is -2.10. The Kier molecular flexibility index (Phi) is 4.77. The van der Waals surface area contributed by atoms with Gasteiger partial charge in [-0.05, 0) is 30.7 Å². The maximum Gasteiger partial charge on any atom is 0.293 e. The highest BCUT2D eigenvalue weighted by atomic mass is 32.1. The lowest BCUT2D eigenvalue weighted by atomic mass is 10.3. The number of hydrogen-bond acceptors (Lipinski definition) is 7. The Morgan fingerprint density at radius 3 is 2.88 bits per heavy atom. The molecule has 3 heterocycles. The number of nitrogens with one attached hydrogen (secondary N) is 1. The summed E-state index contributed by atoms with van der Waals surface area (Å²) in [5.41, 5.74) is 0.920. The molecule has 132 valence electrons. The summed E-state index contributed by atoms with van der Waals surface area (Å²) in [5, 5.41) is 13.0. The second kappa shape index (κ2) is 7.35. The molecule has 0 bridgehead atoms. The topological polar surface area (TPSA) is 80.9 Å². The molecule has 0 aliphatic rings. The number of amides is 1.